The Morgan fingerprint density at radius 2 is 2.23 bits per heavy atom. The third-order valence-electron chi connectivity index (χ3n) is 2.39. The van der Waals surface area contributed by atoms with Crippen LogP contribution in [0.3, 0.4) is 0 Å². The lowest BCUT2D eigenvalue weighted by atomic mass is 9.95. The van der Waals surface area contributed by atoms with Crippen molar-refractivity contribution in [3.8, 4) is 0 Å². The molecule has 0 amide bonds. The molecule has 0 atom stereocenters. The second kappa shape index (κ2) is 3.64. The molecule has 1 aromatic carbocycles. The Hall–Kier alpha value is -0.600. The lowest BCUT2D eigenvalue weighted by Gasteiger charge is -2.14. The van der Waals surface area contributed by atoms with Crippen molar-refractivity contribution in [1.82, 2.24) is 0 Å². The summed E-state index contributed by atoms with van der Waals surface area (Å²) in [6, 6.07) is 4.04. The highest BCUT2D eigenvalue weighted by atomic mass is 79.9. The predicted octanol–water partition coefficient (Wildman–Crippen LogP) is 2.90. The highest BCUT2D eigenvalue weighted by Crippen LogP contribution is 2.29. The molecule has 0 saturated heterocycles. The first-order chi connectivity index (χ1) is 6.33. The second-order valence-corrected chi connectivity index (χ2v) is 4.00. The summed E-state index contributed by atoms with van der Waals surface area (Å²) in [5.74, 6) is 0. The summed E-state index contributed by atoms with van der Waals surface area (Å²) < 4.78 is 1.08. The monoisotopic (exact) mass is 238 g/mol. The SMILES string of the molecule is OCc1ccc2c(c1Br)CCC=C2. The first kappa shape index (κ1) is 8.97. The molecule has 1 nitrogen and oxygen atoms in total. The number of rotatable bonds is 1. The van der Waals surface area contributed by atoms with Crippen molar-refractivity contribution in [1.29, 1.82) is 0 Å². The van der Waals surface area contributed by atoms with Gasteiger partial charge in [-0.05, 0) is 29.5 Å². The van der Waals surface area contributed by atoms with Crippen molar-refractivity contribution in [2.24, 2.45) is 0 Å². The van der Waals surface area contributed by atoms with Gasteiger partial charge in [0.05, 0.1) is 6.61 Å². The van der Waals surface area contributed by atoms with Gasteiger partial charge in [-0.15, -0.1) is 0 Å². The van der Waals surface area contributed by atoms with Crippen molar-refractivity contribution in [3.05, 3.63) is 39.4 Å². The molecule has 0 bridgehead atoms. The van der Waals surface area contributed by atoms with Gasteiger partial charge in [-0.25, -0.2) is 0 Å². The molecule has 1 aromatic rings. The molecule has 0 spiro atoms. The highest BCUT2D eigenvalue weighted by molar-refractivity contribution is 9.10. The van der Waals surface area contributed by atoms with E-state index in [1.807, 2.05) is 6.07 Å². The molecule has 68 valence electrons. The van der Waals surface area contributed by atoms with E-state index in [4.69, 9.17) is 5.11 Å². The van der Waals surface area contributed by atoms with Crippen LogP contribution in [0.25, 0.3) is 6.08 Å². The molecule has 0 radical (unpaired) electrons. The summed E-state index contributed by atoms with van der Waals surface area (Å²) >= 11 is 3.53. The number of aliphatic hydroxyl groups excluding tert-OH is 1. The Labute approximate surface area is 86.2 Å². The van der Waals surface area contributed by atoms with E-state index in [1.54, 1.807) is 0 Å². The summed E-state index contributed by atoms with van der Waals surface area (Å²) in [6.45, 7) is 0.109. The van der Waals surface area contributed by atoms with E-state index < -0.39 is 0 Å². The van der Waals surface area contributed by atoms with E-state index >= 15 is 0 Å². The predicted molar refractivity (Wildman–Crippen MR) is 57.4 cm³/mol. The summed E-state index contributed by atoms with van der Waals surface area (Å²) in [4.78, 5) is 0. The van der Waals surface area contributed by atoms with Crippen LogP contribution in [0.15, 0.2) is 22.7 Å². The second-order valence-electron chi connectivity index (χ2n) is 3.21. The lowest BCUT2D eigenvalue weighted by molar-refractivity contribution is 0.281. The van der Waals surface area contributed by atoms with E-state index in [2.05, 4.69) is 34.1 Å². The maximum absolute atomic E-state index is 9.07. The van der Waals surface area contributed by atoms with E-state index in [1.165, 1.54) is 11.1 Å². The van der Waals surface area contributed by atoms with Gasteiger partial charge < -0.3 is 5.11 Å². The van der Waals surface area contributed by atoms with E-state index in [0.717, 1.165) is 22.9 Å². The largest absolute Gasteiger partial charge is 0.392 e. The van der Waals surface area contributed by atoms with Gasteiger partial charge in [0.15, 0.2) is 0 Å². The molecule has 0 aliphatic heterocycles. The molecule has 0 saturated carbocycles. The van der Waals surface area contributed by atoms with Crippen LogP contribution in [0.1, 0.15) is 23.1 Å². The van der Waals surface area contributed by atoms with Crippen LogP contribution in [-0.2, 0) is 13.0 Å². The fraction of sp³-hybridized carbons (Fsp3) is 0.273. The minimum Gasteiger partial charge on any atom is -0.392 e. The van der Waals surface area contributed by atoms with Crippen LogP contribution in [0.2, 0.25) is 0 Å². The molecule has 2 rings (SSSR count). The van der Waals surface area contributed by atoms with Gasteiger partial charge in [0.2, 0.25) is 0 Å². The molecular formula is C11H11BrO. The summed E-state index contributed by atoms with van der Waals surface area (Å²) in [7, 11) is 0. The highest BCUT2D eigenvalue weighted by Gasteiger charge is 2.10. The molecule has 1 aliphatic rings. The standard InChI is InChI=1S/C11H11BrO/c12-11-9(7-13)6-5-8-3-1-2-4-10(8)11/h1,3,5-6,13H,2,4,7H2. The Balaban J connectivity index is 2.56. The quantitative estimate of drug-likeness (QED) is 0.798. The van der Waals surface area contributed by atoms with Crippen LogP contribution in [0.5, 0.6) is 0 Å². The maximum atomic E-state index is 9.07. The van der Waals surface area contributed by atoms with Gasteiger partial charge in [0.25, 0.3) is 0 Å². The zero-order chi connectivity index (χ0) is 9.26. The van der Waals surface area contributed by atoms with Gasteiger partial charge >= 0.3 is 0 Å². The third-order valence-corrected chi connectivity index (χ3v) is 3.38. The van der Waals surface area contributed by atoms with Gasteiger partial charge in [-0.2, -0.15) is 0 Å². The van der Waals surface area contributed by atoms with Crippen LogP contribution in [-0.4, -0.2) is 5.11 Å². The van der Waals surface area contributed by atoms with E-state index in [9.17, 15) is 0 Å². The van der Waals surface area contributed by atoms with Crippen LogP contribution >= 0.6 is 15.9 Å². The molecule has 1 N–H and O–H groups in total. The summed E-state index contributed by atoms with van der Waals surface area (Å²) in [5.41, 5.74) is 3.58. The Morgan fingerprint density at radius 3 is 3.00 bits per heavy atom. The smallest absolute Gasteiger partial charge is 0.0692 e. The number of fused-ring (bicyclic) bond motifs is 1. The van der Waals surface area contributed by atoms with Crippen LogP contribution in [0.4, 0.5) is 0 Å². The third kappa shape index (κ3) is 1.56. The number of hydrogen-bond acceptors (Lipinski definition) is 1. The number of aliphatic hydroxyl groups is 1. The van der Waals surface area contributed by atoms with Gasteiger partial charge in [-0.1, -0.05) is 40.2 Å². The normalized spacial score (nSPS) is 14.3. The fourth-order valence-electron chi connectivity index (χ4n) is 1.65. The molecule has 0 fully saturated rings. The first-order valence-electron chi connectivity index (χ1n) is 4.40. The zero-order valence-corrected chi connectivity index (χ0v) is 8.84. The molecule has 13 heavy (non-hydrogen) atoms. The maximum Gasteiger partial charge on any atom is 0.0692 e. The van der Waals surface area contributed by atoms with Crippen molar-refractivity contribution in [3.63, 3.8) is 0 Å². The molecule has 0 aromatic heterocycles. The van der Waals surface area contributed by atoms with Gasteiger partial charge in [-0.3, -0.25) is 0 Å². The summed E-state index contributed by atoms with van der Waals surface area (Å²) in [5, 5.41) is 9.07. The average Bonchev–Trinajstić information content (AvgIpc) is 2.19. The topological polar surface area (TPSA) is 20.2 Å². The minimum absolute atomic E-state index is 0.109. The summed E-state index contributed by atoms with van der Waals surface area (Å²) in [6.07, 6.45) is 6.50. The van der Waals surface area contributed by atoms with Crippen molar-refractivity contribution < 1.29 is 5.11 Å². The van der Waals surface area contributed by atoms with Crippen molar-refractivity contribution >= 4 is 22.0 Å². The first-order valence-corrected chi connectivity index (χ1v) is 5.20. The molecular weight excluding hydrogens is 228 g/mol. The number of benzene rings is 1. The zero-order valence-electron chi connectivity index (χ0n) is 7.26. The van der Waals surface area contributed by atoms with Gasteiger partial charge in [0.1, 0.15) is 0 Å². The lowest BCUT2D eigenvalue weighted by Crippen LogP contribution is -1.98. The van der Waals surface area contributed by atoms with Crippen LogP contribution < -0.4 is 0 Å². The van der Waals surface area contributed by atoms with Crippen molar-refractivity contribution in [2.45, 2.75) is 19.4 Å². The molecule has 0 heterocycles. The van der Waals surface area contributed by atoms with Crippen molar-refractivity contribution in [2.75, 3.05) is 0 Å². The molecule has 2 heteroatoms. The number of allylic oxidation sites excluding steroid dienone is 1. The number of hydrogen-bond donors (Lipinski definition) is 1. The van der Waals surface area contributed by atoms with Crippen LogP contribution in [0, 0.1) is 0 Å². The molecule has 0 unspecified atom stereocenters. The van der Waals surface area contributed by atoms with E-state index in [-0.39, 0.29) is 6.61 Å². The molecule has 1 aliphatic carbocycles. The Kier molecular flexibility index (Phi) is 2.51. The van der Waals surface area contributed by atoms with Gasteiger partial charge in [0, 0.05) is 4.47 Å². The minimum atomic E-state index is 0.109. The average molecular weight is 239 g/mol. The number of halogens is 1. The fourth-order valence-corrected chi connectivity index (χ4v) is 2.34. The van der Waals surface area contributed by atoms with E-state index in [0.29, 0.717) is 0 Å². The Bertz CT molecular complexity index is 355. The Morgan fingerprint density at radius 1 is 1.38 bits per heavy atom.